The van der Waals surface area contributed by atoms with Crippen LogP contribution < -0.4 is 0 Å². The van der Waals surface area contributed by atoms with E-state index in [0.717, 1.165) is 24.3 Å². The second-order valence-corrected chi connectivity index (χ2v) is 5.34. The minimum atomic E-state index is -4.40. The Morgan fingerprint density at radius 1 is 1.33 bits per heavy atom. The average molecular weight is 325 g/mol. The van der Waals surface area contributed by atoms with E-state index < -0.39 is 17.7 Å². The van der Waals surface area contributed by atoms with Gasteiger partial charge in [-0.2, -0.15) is 13.2 Å². The molecule has 0 fully saturated rings. The molecule has 0 aromatic heterocycles. The Hall–Kier alpha value is -1.04. The molecule has 0 aliphatic carbocycles. The molecule has 0 spiro atoms. The van der Waals surface area contributed by atoms with Crippen LogP contribution in [0.1, 0.15) is 29.3 Å². The third kappa shape index (κ3) is 4.68. The molecule has 0 N–H and O–H groups in total. The van der Waals surface area contributed by atoms with Gasteiger partial charge in [-0.3, -0.25) is 0 Å². The number of halogens is 4. The maximum absolute atomic E-state index is 12.3. The van der Waals surface area contributed by atoms with Crippen LogP contribution in [0.25, 0.3) is 0 Å². The van der Waals surface area contributed by atoms with Gasteiger partial charge in [-0.1, -0.05) is 22.9 Å². The molecule has 0 amide bonds. The molecule has 1 atom stereocenters. The highest BCUT2D eigenvalue weighted by Gasteiger charge is 2.30. The minimum Gasteiger partial charge on any atom is -0.462 e. The van der Waals surface area contributed by atoms with E-state index >= 15 is 0 Å². The van der Waals surface area contributed by atoms with E-state index in [1.54, 1.807) is 0 Å². The third-order valence-corrected chi connectivity index (χ3v) is 2.65. The summed E-state index contributed by atoms with van der Waals surface area (Å²) in [6.07, 6.45) is -3.75. The van der Waals surface area contributed by atoms with E-state index in [2.05, 4.69) is 15.9 Å². The fourth-order valence-corrected chi connectivity index (χ4v) is 1.38. The smallest absolute Gasteiger partial charge is 0.416 e. The number of ether oxygens (including phenoxy) is 1. The molecule has 0 saturated heterocycles. The number of hydrogen-bond acceptors (Lipinski definition) is 2. The molecular formula is C12H12BrF3O2. The summed E-state index contributed by atoms with van der Waals surface area (Å²) in [5, 5.41) is 0. The van der Waals surface area contributed by atoms with Gasteiger partial charge in [-0.05, 0) is 30.7 Å². The number of benzene rings is 1. The molecule has 0 heterocycles. The summed E-state index contributed by atoms with van der Waals surface area (Å²) < 4.78 is 41.8. The van der Waals surface area contributed by atoms with Gasteiger partial charge in [0.05, 0.1) is 17.7 Å². The Bertz CT molecular complexity index is 399. The van der Waals surface area contributed by atoms with Crippen LogP contribution in [0.2, 0.25) is 0 Å². The molecule has 1 unspecified atom stereocenters. The van der Waals surface area contributed by atoms with Crippen molar-refractivity contribution in [3.8, 4) is 0 Å². The van der Waals surface area contributed by atoms with Crippen LogP contribution in [0, 0.1) is 0 Å². The Labute approximate surface area is 111 Å². The quantitative estimate of drug-likeness (QED) is 0.617. The molecule has 1 aromatic rings. The number of rotatable bonds is 4. The Balaban J connectivity index is 2.60. The summed E-state index contributed by atoms with van der Waals surface area (Å²) in [7, 11) is 0. The highest BCUT2D eigenvalue weighted by molar-refractivity contribution is 9.09. The number of carbonyl (C=O) groups excluding carboxylic acids is 1. The molecule has 0 saturated carbocycles. The number of alkyl halides is 4. The number of hydrogen-bond donors (Lipinski definition) is 0. The summed E-state index contributed by atoms with van der Waals surface area (Å²) in [6, 6.07) is 3.96. The van der Waals surface area contributed by atoms with Gasteiger partial charge in [0.15, 0.2) is 0 Å². The third-order valence-electron chi connectivity index (χ3n) is 2.20. The van der Waals surface area contributed by atoms with Gasteiger partial charge in [0.2, 0.25) is 0 Å². The summed E-state index contributed by atoms with van der Waals surface area (Å²) in [4.78, 5) is 11.7. The van der Waals surface area contributed by atoms with E-state index in [1.165, 1.54) is 0 Å². The van der Waals surface area contributed by atoms with Crippen molar-refractivity contribution in [2.75, 3.05) is 6.61 Å². The van der Waals surface area contributed by atoms with Crippen LogP contribution in [0.5, 0.6) is 0 Å². The number of carbonyl (C=O) groups is 1. The Kier molecular flexibility index (Phi) is 5.19. The molecule has 0 radical (unpaired) electrons. The van der Waals surface area contributed by atoms with Crippen molar-refractivity contribution < 1.29 is 22.7 Å². The zero-order chi connectivity index (χ0) is 13.8. The highest BCUT2D eigenvalue weighted by atomic mass is 79.9. The molecule has 0 bridgehead atoms. The molecule has 0 aliphatic rings. The van der Waals surface area contributed by atoms with Crippen molar-refractivity contribution in [1.82, 2.24) is 0 Å². The monoisotopic (exact) mass is 324 g/mol. The lowest BCUT2D eigenvalue weighted by atomic mass is 10.1. The maximum atomic E-state index is 12.3. The van der Waals surface area contributed by atoms with Crippen molar-refractivity contribution in [1.29, 1.82) is 0 Å². The average Bonchev–Trinajstić information content (AvgIpc) is 2.27. The van der Waals surface area contributed by atoms with E-state index in [9.17, 15) is 18.0 Å². The predicted molar refractivity (Wildman–Crippen MR) is 64.7 cm³/mol. The molecule has 6 heteroatoms. The second kappa shape index (κ2) is 6.22. The van der Waals surface area contributed by atoms with Crippen molar-refractivity contribution in [2.24, 2.45) is 0 Å². The van der Waals surface area contributed by atoms with E-state index in [1.807, 2.05) is 6.92 Å². The molecule has 1 aromatic carbocycles. The van der Waals surface area contributed by atoms with Crippen molar-refractivity contribution in [3.63, 3.8) is 0 Å². The summed E-state index contributed by atoms with van der Waals surface area (Å²) in [6.45, 7) is 2.14. The van der Waals surface area contributed by atoms with Crippen molar-refractivity contribution in [3.05, 3.63) is 35.4 Å². The van der Waals surface area contributed by atoms with Gasteiger partial charge in [-0.25, -0.2) is 4.79 Å². The largest absolute Gasteiger partial charge is 0.462 e. The lowest BCUT2D eigenvalue weighted by molar-refractivity contribution is -0.137. The molecule has 18 heavy (non-hydrogen) atoms. The fourth-order valence-electron chi connectivity index (χ4n) is 1.19. The highest BCUT2D eigenvalue weighted by Crippen LogP contribution is 2.29. The van der Waals surface area contributed by atoms with Crippen LogP contribution >= 0.6 is 15.9 Å². The molecule has 2 nitrogen and oxygen atoms in total. The first-order chi connectivity index (χ1) is 8.30. The summed E-state index contributed by atoms with van der Waals surface area (Å²) in [5.74, 6) is -0.614. The first-order valence-electron chi connectivity index (χ1n) is 5.29. The van der Waals surface area contributed by atoms with Gasteiger partial charge in [0.1, 0.15) is 0 Å². The van der Waals surface area contributed by atoms with Crippen LogP contribution in [0.3, 0.4) is 0 Å². The van der Waals surface area contributed by atoms with Crippen LogP contribution in [0.15, 0.2) is 24.3 Å². The molecule has 0 aliphatic heterocycles. The predicted octanol–water partition coefficient (Wildman–Crippen LogP) is 4.04. The lowest BCUT2D eigenvalue weighted by Gasteiger charge is -2.08. The fraction of sp³-hybridized carbons (Fsp3) is 0.417. The normalized spacial score (nSPS) is 13.2. The van der Waals surface area contributed by atoms with E-state index in [0.29, 0.717) is 6.42 Å². The second-order valence-electron chi connectivity index (χ2n) is 3.78. The maximum Gasteiger partial charge on any atom is 0.416 e. The molecular weight excluding hydrogens is 313 g/mol. The first kappa shape index (κ1) is 15.0. The Morgan fingerprint density at radius 2 is 1.89 bits per heavy atom. The van der Waals surface area contributed by atoms with Gasteiger partial charge >= 0.3 is 12.1 Å². The molecule has 1 rings (SSSR count). The van der Waals surface area contributed by atoms with E-state index in [4.69, 9.17) is 4.74 Å². The van der Waals surface area contributed by atoms with Gasteiger partial charge < -0.3 is 4.74 Å². The first-order valence-corrected chi connectivity index (χ1v) is 6.20. The minimum absolute atomic E-state index is 0.116. The van der Waals surface area contributed by atoms with Crippen molar-refractivity contribution in [2.45, 2.75) is 24.3 Å². The van der Waals surface area contributed by atoms with Gasteiger partial charge in [-0.15, -0.1) is 0 Å². The van der Waals surface area contributed by atoms with E-state index in [-0.39, 0.29) is 17.0 Å². The molecule has 100 valence electrons. The van der Waals surface area contributed by atoms with Gasteiger partial charge in [0, 0.05) is 4.83 Å². The topological polar surface area (TPSA) is 26.3 Å². The van der Waals surface area contributed by atoms with Crippen LogP contribution in [-0.4, -0.2) is 17.4 Å². The zero-order valence-corrected chi connectivity index (χ0v) is 11.2. The SMILES string of the molecule is CC(Br)CCOC(=O)c1ccc(C(F)(F)F)cc1. The zero-order valence-electron chi connectivity index (χ0n) is 9.63. The van der Waals surface area contributed by atoms with Crippen molar-refractivity contribution >= 4 is 21.9 Å². The number of esters is 1. The van der Waals surface area contributed by atoms with Crippen LogP contribution in [-0.2, 0) is 10.9 Å². The lowest BCUT2D eigenvalue weighted by Crippen LogP contribution is -2.10. The van der Waals surface area contributed by atoms with Crippen LogP contribution in [0.4, 0.5) is 13.2 Å². The Morgan fingerprint density at radius 3 is 2.33 bits per heavy atom. The standard InChI is InChI=1S/C12H12BrF3O2/c1-8(13)6-7-18-11(17)9-2-4-10(5-3-9)12(14,15)16/h2-5,8H,6-7H2,1H3. The summed E-state index contributed by atoms with van der Waals surface area (Å²) >= 11 is 3.30. The summed E-state index contributed by atoms with van der Waals surface area (Å²) in [5.41, 5.74) is -0.668. The van der Waals surface area contributed by atoms with Gasteiger partial charge in [0.25, 0.3) is 0 Å².